The molecule has 2 nitrogen and oxygen atoms in total. The van der Waals surface area contributed by atoms with Crippen molar-refractivity contribution < 1.29 is 4.39 Å². The third-order valence-electron chi connectivity index (χ3n) is 3.68. The Kier molecular flexibility index (Phi) is 3.22. The van der Waals surface area contributed by atoms with Crippen LogP contribution in [0.5, 0.6) is 0 Å². The van der Waals surface area contributed by atoms with E-state index in [1.807, 2.05) is 18.2 Å². The van der Waals surface area contributed by atoms with Crippen LogP contribution in [0.4, 0.5) is 10.1 Å². The number of nitrogens with two attached hydrogens (primary N) is 1. The highest BCUT2D eigenvalue weighted by Gasteiger charge is 2.18. The summed E-state index contributed by atoms with van der Waals surface area (Å²) in [6.07, 6.45) is 1.01. The molecule has 0 aromatic heterocycles. The Labute approximate surface area is 112 Å². The van der Waals surface area contributed by atoms with E-state index in [1.165, 1.54) is 17.2 Å². The molecular weight excluding hydrogens is 239 g/mol. The number of hydrogen-bond donors (Lipinski definition) is 1. The van der Waals surface area contributed by atoms with E-state index in [0.717, 1.165) is 37.3 Å². The molecule has 0 unspecified atom stereocenters. The van der Waals surface area contributed by atoms with Crippen LogP contribution in [-0.2, 0) is 19.5 Å². The molecule has 2 N–H and O–H groups in total. The zero-order valence-electron chi connectivity index (χ0n) is 10.8. The van der Waals surface area contributed by atoms with Crippen LogP contribution in [0.25, 0.3) is 0 Å². The second-order valence-corrected chi connectivity index (χ2v) is 5.08. The first kappa shape index (κ1) is 12.2. The lowest BCUT2D eigenvalue weighted by Crippen LogP contribution is -2.30. The van der Waals surface area contributed by atoms with Gasteiger partial charge in [-0.3, -0.25) is 4.90 Å². The maximum atomic E-state index is 13.2. The number of fused-ring (bicyclic) bond motifs is 1. The zero-order chi connectivity index (χ0) is 13.2. The molecule has 0 spiro atoms. The minimum Gasteiger partial charge on any atom is -0.398 e. The van der Waals surface area contributed by atoms with E-state index < -0.39 is 0 Å². The van der Waals surface area contributed by atoms with Crippen molar-refractivity contribution in [3.63, 3.8) is 0 Å². The lowest BCUT2D eigenvalue weighted by molar-refractivity contribution is 0.246. The van der Waals surface area contributed by atoms with Gasteiger partial charge in [0.05, 0.1) is 0 Å². The van der Waals surface area contributed by atoms with Gasteiger partial charge in [-0.25, -0.2) is 4.39 Å². The predicted octanol–water partition coefficient (Wildman–Crippen LogP) is 2.97. The summed E-state index contributed by atoms with van der Waals surface area (Å²) in [5.41, 5.74) is 10.5. The molecular formula is C16H17FN2. The summed E-state index contributed by atoms with van der Waals surface area (Å²) >= 11 is 0. The van der Waals surface area contributed by atoms with Gasteiger partial charge in [-0.05, 0) is 41.3 Å². The van der Waals surface area contributed by atoms with Crippen LogP contribution in [0.3, 0.4) is 0 Å². The Hall–Kier alpha value is -1.87. The van der Waals surface area contributed by atoms with E-state index >= 15 is 0 Å². The fourth-order valence-corrected chi connectivity index (χ4v) is 2.69. The van der Waals surface area contributed by atoms with Gasteiger partial charge < -0.3 is 5.73 Å². The van der Waals surface area contributed by atoms with Crippen LogP contribution in [0.15, 0.2) is 42.5 Å². The minimum atomic E-state index is -0.172. The van der Waals surface area contributed by atoms with E-state index in [-0.39, 0.29) is 5.82 Å². The van der Waals surface area contributed by atoms with E-state index in [0.29, 0.717) is 0 Å². The van der Waals surface area contributed by atoms with E-state index in [4.69, 9.17) is 5.73 Å². The molecule has 1 aliphatic rings. The van der Waals surface area contributed by atoms with Gasteiger partial charge in [0.15, 0.2) is 0 Å². The van der Waals surface area contributed by atoms with Gasteiger partial charge in [0.1, 0.15) is 5.82 Å². The average Bonchev–Trinajstić information content (AvgIpc) is 2.40. The molecule has 0 bridgehead atoms. The Morgan fingerprint density at radius 3 is 2.84 bits per heavy atom. The molecule has 3 rings (SSSR count). The first-order valence-corrected chi connectivity index (χ1v) is 6.55. The molecule has 0 saturated heterocycles. The predicted molar refractivity (Wildman–Crippen MR) is 75.1 cm³/mol. The number of rotatable bonds is 2. The Bertz CT molecular complexity index is 595. The monoisotopic (exact) mass is 256 g/mol. The van der Waals surface area contributed by atoms with Crippen LogP contribution >= 0.6 is 0 Å². The van der Waals surface area contributed by atoms with Crippen molar-refractivity contribution >= 4 is 5.69 Å². The highest BCUT2D eigenvalue weighted by molar-refractivity contribution is 5.51. The second kappa shape index (κ2) is 5.02. The number of nitrogen functional groups attached to an aromatic ring is 1. The van der Waals surface area contributed by atoms with Crippen LogP contribution < -0.4 is 5.73 Å². The molecule has 0 fully saturated rings. The summed E-state index contributed by atoms with van der Waals surface area (Å²) in [4.78, 5) is 2.31. The maximum Gasteiger partial charge on any atom is 0.123 e. The third kappa shape index (κ3) is 2.61. The van der Waals surface area contributed by atoms with E-state index in [1.54, 1.807) is 12.1 Å². The second-order valence-electron chi connectivity index (χ2n) is 5.08. The van der Waals surface area contributed by atoms with Gasteiger partial charge in [-0.1, -0.05) is 24.3 Å². The smallest absolute Gasteiger partial charge is 0.123 e. The minimum absolute atomic E-state index is 0.172. The third-order valence-corrected chi connectivity index (χ3v) is 3.68. The van der Waals surface area contributed by atoms with Crippen molar-refractivity contribution in [2.24, 2.45) is 0 Å². The van der Waals surface area contributed by atoms with Crippen LogP contribution in [0, 0.1) is 5.82 Å². The average molecular weight is 256 g/mol. The molecule has 19 heavy (non-hydrogen) atoms. The fraction of sp³-hybridized carbons (Fsp3) is 0.250. The number of benzene rings is 2. The normalized spacial score (nSPS) is 15.2. The molecule has 0 amide bonds. The SMILES string of the molecule is Nc1cccc2c1CN(Cc1cccc(F)c1)CC2. The van der Waals surface area contributed by atoms with Crippen LogP contribution in [-0.4, -0.2) is 11.4 Å². The molecule has 1 aliphatic heterocycles. The summed E-state index contributed by atoms with van der Waals surface area (Å²) in [7, 11) is 0. The first-order valence-electron chi connectivity index (χ1n) is 6.55. The summed E-state index contributed by atoms with van der Waals surface area (Å²) in [6, 6.07) is 12.9. The Balaban J connectivity index is 1.77. The largest absolute Gasteiger partial charge is 0.398 e. The van der Waals surface area contributed by atoms with Gasteiger partial charge in [0, 0.05) is 25.3 Å². The highest BCUT2D eigenvalue weighted by atomic mass is 19.1. The number of anilines is 1. The van der Waals surface area contributed by atoms with Gasteiger partial charge in [-0.2, -0.15) is 0 Å². The number of halogens is 1. The zero-order valence-corrected chi connectivity index (χ0v) is 10.8. The summed E-state index contributed by atoms with van der Waals surface area (Å²) in [6.45, 7) is 2.61. The van der Waals surface area contributed by atoms with Crippen molar-refractivity contribution in [3.8, 4) is 0 Å². The molecule has 2 aromatic carbocycles. The quantitative estimate of drug-likeness (QED) is 0.837. The summed E-state index contributed by atoms with van der Waals surface area (Å²) in [5.74, 6) is -0.172. The molecule has 0 saturated carbocycles. The Morgan fingerprint density at radius 1 is 1.16 bits per heavy atom. The maximum absolute atomic E-state index is 13.2. The van der Waals surface area contributed by atoms with Crippen molar-refractivity contribution in [1.82, 2.24) is 4.90 Å². The van der Waals surface area contributed by atoms with Gasteiger partial charge in [0.2, 0.25) is 0 Å². The lowest BCUT2D eigenvalue weighted by atomic mass is 9.98. The topological polar surface area (TPSA) is 29.3 Å². The summed E-state index contributed by atoms with van der Waals surface area (Å²) < 4.78 is 13.2. The highest BCUT2D eigenvalue weighted by Crippen LogP contribution is 2.25. The number of hydrogen-bond acceptors (Lipinski definition) is 2. The van der Waals surface area contributed by atoms with E-state index in [2.05, 4.69) is 11.0 Å². The van der Waals surface area contributed by atoms with Gasteiger partial charge >= 0.3 is 0 Å². The van der Waals surface area contributed by atoms with Gasteiger partial charge in [-0.15, -0.1) is 0 Å². The van der Waals surface area contributed by atoms with Crippen molar-refractivity contribution in [2.45, 2.75) is 19.5 Å². The fourth-order valence-electron chi connectivity index (χ4n) is 2.69. The molecule has 3 heteroatoms. The van der Waals surface area contributed by atoms with Crippen LogP contribution in [0.2, 0.25) is 0 Å². The molecule has 0 atom stereocenters. The number of nitrogens with zero attached hydrogens (tertiary/aromatic N) is 1. The van der Waals surface area contributed by atoms with Gasteiger partial charge in [0.25, 0.3) is 0 Å². The molecule has 0 radical (unpaired) electrons. The molecule has 1 heterocycles. The van der Waals surface area contributed by atoms with Crippen LogP contribution in [0.1, 0.15) is 16.7 Å². The standard InChI is InChI=1S/C16H17FN2/c17-14-5-1-3-12(9-14)10-19-8-7-13-4-2-6-16(18)15(13)11-19/h1-6,9H,7-8,10-11,18H2. The first-order chi connectivity index (χ1) is 9.22. The summed E-state index contributed by atoms with van der Waals surface area (Å²) in [5, 5.41) is 0. The van der Waals surface area contributed by atoms with Crippen molar-refractivity contribution in [3.05, 3.63) is 65.0 Å². The van der Waals surface area contributed by atoms with Crippen molar-refractivity contribution in [2.75, 3.05) is 12.3 Å². The van der Waals surface area contributed by atoms with E-state index in [9.17, 15) is 4.39 Å². The molecule has 2 aromatic rings. The molecule has 0 aliphatic carbocycles. The Morgan fingerprint density at radius 2 is 2.00 bits per heavy atom. The lowest BCUT2D eigenvalue weighted by Gasteiger charge is -2.29. The molecule has 98 valence electrons. The van der Waals surface area contributed by atoms with Crippen molar-refractivity contribution in [1.29, 1.82) is 0 Å².